The molecule has 1 heterocycles. The van der Waals surface area contributed by atoms with Crippen LogP contribution < -0.4 is 4.74 Å². The summed E-state index contributed by atoms with van der Waals surface area (Å²) >= 11 is 0. The third kappa shape index (κ3) is 4.17. The Morgan fingerprint density at radius 1 is 1.24 bits per heavy atom. The number of carbonyl (C=O) groups is 1. The highest BCUT2D eigenvalue weighted by Crippen LogP contribution is 2.26. The molecule has 25 heavy (non-hydrogen) atoms. The van der Waals surface area contributed by atoms with E-state index in [1.54, 1.807) is 23.1 Å². The quantitative estimate of drug-likeness (QED) is 0.828. The Kier molecular flexibility index (Phi) is 5.66. The Hall–Kier alpha value is -2.40. The Balaban J connectivity index is 1.75. The molecular weight excluding hydrogens is 321 g/mol. The van der Waals surface area contributed by atoms with Crippen LogP contribution in [0.15, 0.2) is 48.5 Å². The molecule has 1 fully saturated rings. The number of ether oxygens (including phenoxy) is 2. The number of amides is 1. The minimum absolute atomic E-state index is 0.0675. The molecule has 1 saturated heterocycles. The van der Waals surface area contributed by atoms with Gasteiger partial charge in [0.05, 0.1) is 25.3 Å². The van der Waals surface area contributed by atoms with Crippen LogP contribution in [0.1, 0.15) is 35.4 Å². The third-order valence-corrected chi connectivity index (χ3v) is 4.17. The second-order valence-electron chi connectivity index (χ2n) is 6.01. The zero-order valence-corrected chi connectivity index (χ0v) is 14.3. The van der Waals surface area contributed by atoms with Gasteiger partial charge in [0.1, 0.15) is 17.7 Å². The first-order valence-electron chi connectivity index (χ1n) is 8.57. The molecule has 1 amide bonds. The second-order valence-corrected chi connectivity index (χ2v) is 6.01. The number of rotatable bonds is 5. The van der Waals surface area contributed by atoms with Gasteiger partial charge < -0.3 is 14.4 Å². The smallest absolute Gasteiger partial charge is 0.257 e. The van der Waals surface area contributed by atoms with Crippen LogP contribution in [-0.2, 0) is 4.74 Å². The molecule has 2 aromatic rings. The molecule has 132 valence electrons. The van der Waals surface area contributed by atoms with Crippen molar-refractivity contribution < 1.29 is 18.7 Å². The molecule has 1 atom stereocenters. The van der Waals surface area contributed by atoms with Crippen LogP contribution in [0.4, 0.5) is 4.39 Å². The summed E-state index contributed by atoms with van der Waals surface area (Å²) in [6.45, 7) is 4.02. The zero-order valence-electron chi connectivity index (χ0n) is 14.3. The van der Waals surface area contributed by atoms with Crippen LogP contribution in [0.25, 0.3) is 0 Å². The van der Waals surface area contributed by atoms with E-state index in [9.17, 15) is 9.18 Å². The number of morpholine rings is 1. The molecule has 0 unspecified atom stereocenters. The number of carbonyl (C=O) groups excluding carboxylic acids is 1. The summed E-state index contributed by atoms with van der Waals surface area (Å²) in [4.78, 5) is 14.7. The molecule has 0 saturated carbocycles. The molecule has 0 aliphatic carbocycles. The van der Waals surface area contributed by atoms with Gasteiger partial charge in [0.2, 0.25) is 0 Å². The van der Waals surface area contributed by atoms with E-state index in [4.69, 9.17) is 9.47 Å². The molecule has 0 N–H and O–H groups in total. The first kappa shape index (κ1) is 17.4. The van der Waals surface area contributed by atoms with Gasteiger partial charge in [0.15, 0.2) is 0 Å². The second kappa shape index (κ2) is 8.12. The Morgan fingerprint density at radius 3 is 2.76 bits per heavy atom. The Morgan fingerprint density at radius 2 is 2.00 bits per heavy atom. The lowest BCUT2D eigenvalue weighted by atomic mass is 10.1. The predicted octanol–water partition coefficient (Wildman–Crippen LogP) is 3.83. The molecule has 0 bridgehead atoms. The fourth-order valence-electron chi connectivity index (χ4n) is 2.86. The lowest BCUT2D eigenvalue weighted by Crippen LogP contribution is -2.42. The lowest BCUT2D eigenvalue weighted by molar-refractivity contribution is -0.0229. The summed E-state index contributed by atoms with van der Waals surface area (Å²) in [7, 11) is 0. The van der Waals surface area contributed by atoms with E-state index in [1.165, 1.54) is 12.1 Å². The minimum Gasteiger partial charge on any atom is -0.493 e. The van der Waals surface area contributed by atoms with Crippen LogP contribution in [0.5, 0.6) is 5.75 Å². The van der Waals surface area contributed by atoms with Crippen LogP contribution in [0.2, 0.25) is 0 Å². The number of benzene rings is 2. The number of hydrogen-bond donors (Lipinski definition) is 0. The summed E-state index contributed by atoms with van der Waals surface area (Å²) in [6.07, 6.45) is 0.634. The maximum absolute atomic E-state index is 13.1. The van der Waals surface area contributed by atoms with E-state index < -0.39 is 0 Å². The van der Waals surface area contributed by atoms with Gasteiger partial charge in [-0.2, -0.15) is 0 Å². The molecule has 5 heteroatoms. The van der Waals surface area contributed by atoms with Crippen LogP contribution in [0, 0.1) is 5.82 Å². The van der Waals surface area contributed by atoms with Gasteiger partial charge in [-0.3, -0.25) is 4.79 Å². The Bertz CT molecular complexity index is 717. The molecule has 2 aromatic carbocycles. The lowest BCUT2D eigenvalue weighted by Gasteiger charge is -2.33. The van der Waals surface area contributed by atoms with Gasteiger partial charge >= 0.3 is 0 Å². The van der Waals surface area contributed by atoms with E-state index in [2.05, 4.69) is 0 Å². The van der Waals surface area contributed by atoms with Crippen LogP contribution >= 0.6 is 0 Å². The minimum atomic E-state index is -0.283. The molecule has 1 aliphatic rings. The van der Waals surface area contributed by atoms with Crippen molar-refractivity contribution >= 4 is 5.91 Å². The maximum atomic E-state index is 13.1. The van der Waals surface area contributed by atoms with Gasteiger partial charge in [-0.05, 0) is 36.2 Å². The van der Waals surface area contributed by atoms with E-state index in [0.29, 0.717) is 37.6 Å². The van der Waals surface area contributed by atoms with Gasteiger partial charge in [-0.1, -0.05) is 31.2 Å². The van der Waals surface area contributed by atoms with E-state index >= 15 is 0 Å². The average Bonchev–Trinajstić information content (AvgIpc) is 2.67. The number of hydrogen-bond acceptors (Lipinski definition) is 3. The zero-order chi connectivity index (χ0) is 17.6. The van der Waals surface area contributed by atoms with Crippen molar-refractivity contribution in [1.82, 2.24) is 4.90 Å². The molecule has 0 aromatic heterocycles. The van der Waals surface area contributed by atoms with Crippen molar-refractivity contribution in [1.29, 1.82) is 0 Å². The van der Waals surface area contributed by atoms with Crippen molar-refractivity contribution in [2.45, 2.75) is 19.4 Å². The molecule has 0 radical (unpaired) electrons. The van der Waals surface area contributed by atoms with Crippen molar-refractivity contribution in [3.63, 3.8) is 0 Å². The third-order valence-electron chi connectivity index (χ3n) is 4.17. The van der Waals surface area contributed by atoms with E-state index in [0.717, 1.165) is 12.0 Å². The molecule has 4 nitrogen and oxygen atoms in total. The van der Waals surface area contributed by atoms with Crippen LogP contribution in [0.3, 0.4) is 0 Å². The first-order chi connectivity index (χ1) is 12.2. The van der Waals surface area contributed by atoms with Crippen molar-refractivity contribution in [2.75, 3.05) is 26.3 Å². The molecule has 0 spiro atoms. The largest absolute Gasteiger partial charge is 0.493 e. The summed E-state index contributed by atoms with van der Waals surface area (Å²) in [5.74, 6) is 0.260. The highest BCUT2D eigenvalue weighted by Gasteiger charge is 2.27. The monoisotopic (exact) mass is 343 g/mol. The van der Waals surface area contributed by atoms with Gasteiger partial charge in [0, 0.05) is 6.54 Å². The predicted molar refractivity (Wildman–Crippen MR) is 93.2 cm³/mol. The molecule has 1 aliphatic heterocycles. The van der Waals surface area contributed by atoms with Crippen LogP contribution in [-0.4, -0.2) is 37.1 Å². The van der Waals surface area contributed by atoms with Gasteiger partial charge in [-0.15, -0.1) is 0 Å². The topological polar surface area (TPSA) is 38.8 Å². The summed E-state index contributed by atoms with van der Waals surface area (Å²) in [5.41, 5.74) is 1.44. The highest BCUT2D eigenvalue weighted by molar-refractivity contribution is 5.97. The summed E-state index contributed by atoms with van der Waals surface area (Å²) in [6, 6.07) is 13.5. The van der Waals surface area contributed by atoms with Gasteiger partial charge in [-0.25, -0.2) is 4.39 Å². The van der Waals surface area contributed by atoms with Crippen molar-refractivity contribution in [3.05, 3.63) is 65.5 Å². The number of halogens is 1. The van der Waals surface area contributed by atoms with Gasteiger partial charge in [0.25, 0.3) is 5.91 Å². The molecule has 3 rings (SSSR count). The summed E-state index contributed by atoms with van der Waals surface area (Å²) < 4.78 is 24.6. The molecular formula is C20H22FNO3. The fourth-order valence-corrected chi connectivity index (χ4v) is 2.86. The Labute approximate surface area is 147 Å². The van der Waals surface area contributed by atoms with Crippen molar-refractivity contribution in [2.24, 2.45) is 0 Å². The number of nitrogens with zero attached hydrogens (tertiary/aromatic N) is 1. The maximum Gasteiger partial charge on any atom is 0.257 e. The summed E-state index contributed by atoms with van der Waals surface area (Å²) in [5, 5.41) is 0. The normalized spacial score (nSPS) is 17.4. The SMILES string of the molecule is CCCOc1ccccc1C(=O)N1CCO[C@@H](c2ccc(F)cc2)C1. The standard InChI is InChI=1S/C20H22FNO3/c1-2-12-24-18-6-4-3-5-17(18)20(23)22-11-13-25-19(14-22)15-7-9-16(21)10-8-15/h3-10,19H,2,11-14H2,1H3/t19-/m1/s1. The fraction of sp³-hybridized carbons (Fsp3) is 0.350. The average molecular weight is 343 g/mol. The number of para-hydroxylation sites is 1. The van der Waals surface area contributed by atoms with Crippen molar-refractivity contribution in [3.8, 4) is 5.75 Å². The highest BCUT2D eigenvalue weighted by atomic mass is 19.1. The first-order valence-corrected chi connectivity index (χ1v) is 8.57. The van der Waals surface area contributed by atoms with E-state index in [-0.39, 0.29) is 17.8 Å². The van der Waals surface area contributed by atoms with E-state index in [1.807, 2.05) is 25.1 Å².